The molecule has 6 nitrogen and oxygen atoms in total. The van der Waals surface area contributed by atoms with Crippen molar-refractivity contribution in [3.8, 4) is 11.5 Å². The van der Waals surface area contributed by atoms with Gasteiger partial charge in [0, 0.05) is 5.56 Å². The SMILES string of the molecule is COC(=O)C1=Cc2c(OC)ccc(OC)c2C(O)O1. The molecular formula is C13H14O6. The summed E-state index contributed by atoms with van der Waals surface area (Å²) in [5.74, 6) is 0.187. The first-order valence-electron chi connectivity index (χ1n) is 5.52. The second-order valence-corrected chi connectivity index (χ2v) is 3.77. The molecule has 2 rings (SSSR count). The number of ether oxygens (including phenoxy) is 4. The van der Waals surface area contributed by atoms with Crippen LogP contribution in [0.5, 0.6) is 11.5 Å². The topological polar surface area (TPSA) is 74.2 Å². The van der Waals surface area contributed by atoms with Crippen LogP contribution in [0.25, 0.3) is 6.08 Å². The molecule has 1 atom stereocenters. The van der Waals surface area contributed by atoms with Gasteiger partial charge in [0.15, 0.2) is 0 Å². The first-order valence-corrected chi connectivity index (χ1v) is 5.52. The van der Waals surface area contributed by atoms with E-state index in [1.807, 2.05) is 0 Å². The van der Waals surface area contributed by atoms with Crippen LogP contribution in [-0.2, 0) is 14.3 Å². The smallest absolute Gasteiger partial charge is 0.373 e. The molecule has 1 N–H and O–H groups in total. The zero-order valence-corrected chi connectivity index (χ0v) is 10.8. The summed E-state index contributed by atoms with van der Waals surface area (Å²) in [6.07, 6.45) is 0.133. The number of rotatable bonds is 3. The normalized spacial score (nSPS) is 16.8. The second-order valence-electron chi connectivity index (χ2n) is 3.77. The van der Waals surface area contributed by atoms with Gasteiger partial charge in [-0.2, -0.15) is 0 Å². The molecule has 19 heavy (non-hydrogen) atoms. The highest BCUT2D eigenvalue weighted by Gasteiger charge is 2.30. The molecular weight excluding hydrogens is 252 g/mol. The molecule has 1 aromatic carbocycles. The monoisotopic (exact) mass is 266 g/mol. The van der Waals surface area contributed by atoms with E-state index in [0.29, 0.717) is 22.6 Å². The Bertz CT molecular complexity index is 534. The number of methoxy groups -OCH3 is 3. The Labute approximate surface area is 110 Å². The molecule has 0 amide bonds. The number of esters is 1. The summed E-state index contributed by atoms with van der Waals surface area (Å²) < 4.78 is 20.0. The number of hydrogen-bond donors (Lipinski definition) is 1. The van der Waals surface area contributed by atoms with Crippen molar-refractivity contribution in [1.29, 1.82) is 0 Å². The molecule has 0 aromatic heterocycles. The lowest BCUT2D eigenvalue weighted by molar-refractivity contribution is -0.148. The predicted octanol–water partition coefficient (Wildman–Crippen LogP) is 1.24. The molecule has 6 heteroatoms. The number of carbonyl (C=O) groups excluding carboxylic acids is 1. The summed E-state index contributed by atoms with van der Waals surface area (Å²) >= 11 is 0. The van der Waals surface area contributed by atoms with E-state index in [9.17, 15) is 9.90 Å². The minimum Gasteiger partial charge on any atom is -0.496 e. The van der Waals surface area contributed by atoms with E-state index >= 15 is 0 Å². The molecule has 1 heterocycles. The molecule has 0 bridgehead atoms. The molecule has 0 aliphatic carbocycles. The van der Waals surface area contributed by atoms with E-state index in [2.05, 4.69) is 4.74 Å². The van der Waals surface area contributed by atoms with E-state index in [1.165, 1.54) is 27.4 Å². The number of hydrogen-bond acceptors (Lipinski definition) is 6. The average molecular weight is 266 g/mol. The zero-order chi connectivity index (χ0) is 14.0. The summed E-state index contributed by atoms with van der Waals surface area (Å²) in [5.41, 5.74) is 0.940. The number of aliphatic hydroxyl groups is 1. The van der Waals surface area contributed by atoms with Crippen molar-refractivity contribution in [2.75, 3.05) is 21.3 Å². The Kier molecular flexibility index (Phi) is 3.62. The van der Waals surface area contributed by atoms with Crippen LogP contribution in [-0.4, -0.2) is 32.4 Å². The van der Waals surface area contributed by atoms with Crippen molar-refractivity contribution < 1.29 is 28.8 Å². The molecule has 1 aromatic rings. The molecule has 102 valence electrons. The van der Waals surface area contributed by atoms with Crippen LogP contribution in [0.15, 0.2) is 17.9 Å². The lowest BCUT2D eigenvalue weighted by Gasteiger charge is -2.24. The van der Waals surface area contributed by atoms with E-state index < -0.39 is 12.3 Å². The van der Waals surface area contributed by atoms with Crippen molar-refractivity contribution in [2.24, 2.45) is 0 Å². The largest absolute Gasteiger partial charge is 0.496 e. The number of benzene rings is 1. The summed E-state index contributed by atoms with van der Waals surface area (Å²) in [7, 11) is 4.21. The van der Waals surface area contributed by atoms with Gasteiger partial charge in [0.05, 0.1) is 26.9 Å². The minimum absolute atomic E-state index is 0.0888. The van der Waals surface area contributed by atoms with Crippen LogP contribution < -0.4 is 9.47 Å². The molecule has 1 aliphatic rings. The zero-order valence-electron chi connectivity index (χ0n) is 10.8. The van der Waals surface area contributed by atoms with Gasteiger partial charge in [-0.15, -0.1) is 0 Å². The fourth-order valence-electron chi connectivity index (χ4n) is 1.91. The first-order chi connectivity index (χ1) is 9.12. The highest BCUT2D eigenvalue weighted by molar-refractivity contribution is 5.93. The maximum absolute atomic E-state index is 11.5. The Morgan fingerprint density at radius 3 is 2.42 bits per heavy atom. The van der Waals surface area contributed by atoms with E-state index in [1.54, 1.807) is 12.1 Å². The fourth-order valence-corrected chi connectivity index (χ4v) is 1.91. The highest BCUT2D eigenvalue weighted by atomic mass is 16.6. The van der Waals surface area contributed by atoms with Crippen molar-refractivity contribution in [3.63, 3.8) is 0 Å². The Balaban J connectivity index is 2.61. The Morgan fingerprint density at radius 2 is 1.84 bits per heavy atom. The standard InChI is InChI=1S/C13H14O6/c1-16-8-4-5-9(17-2)11-7(8)6-10(12(14)18-3)19-13(11)15/h4-6,13,15H,1-3H3. The van der Waals surface area contributed by atoms with Crippen molar-refractivity contribution in [2.45, 2.75) is 6.29 Å². The molecule has 0 radical (unpaired) electrons. The summed E-state index contributed by atoms with van der Waals surface area (Å²) in [5, 5.41) is 10.0. The van der Waals surface area contributed by atoms with Crippen molar-refractivity contribution in [1.82, 2.24) is 0 Å². The van der Waals surface area contributed by atoms with Crippen LogP contribution >= 0.6 is 0 Å². The van der Waals surface area contributed by atoms with Crippen LogP contribution in [0.1, 0.15) is 17.4 Å². The molecule has 1 unspecified atom stereocenters. The van der Waals surface area contributed by atoms with Gasteiger partial charge in [0.1, 0.15) is 11.5 Å². The van der Waals surface area contributed by atoms with Gasteiger partial charge in [0.2, 0.25) is 12.0 Å². The van der Waals surface area contributed by atoms with E-state index in [0.717, 1.165) is 0 Å². The van der Waals surface area contributed by atoms with E-state index in [-0.39, 0.29) is 5.76 Å². The van der Waals surface area contributed by atoms with Gasteiger partial charge >= 0.3 is 5.97 Å². The van der Waals surface area contributed by atoms with Crippen molar-refractivity contribution >= 4 is 12.0 Å². The molecule has 0 spiro atoms. The van der Waals surface area contributed by atoms with Gasteiger partial charge in [-0.3, -0.25) is 0 Å². The maximum atomic E-state index is 11.5. The van der Waals surface area contributed by atoms with Crippen molar-refractivity contribution in [3.05, 3.63) is 29.0 Å². The summed E-state index contributed by atoms with van der Waals surface area (Å²) in [6.45, 7) is 0. The summed E-state index contributed by atoms with van der Waals surface area (Å²) in [6, 6.07) is 3.34. The Hall–Kier alpha value is -2.21. The van der Waals surface area contributed by atoms with Gasteiger partial charge in [-0.1, -0.05) is 0 Å². The maximum Gasteiger partial charge on any atom is 0.373 e. The minimum atomic E-state index is -1.32. The predicted molar refractivity (Wildman–Crippen MR) is 65.6 cm³/mol. The van der Waals surface area contributed by atoms with Gasteiger partial charge in [-0.05, 0) is 18.2 Å². The van der Waals surface area contributed by atoms with Gasteiger partial charge < -0.3 is 24.1 Å². The van der Waals surface area contributed by atoms with Gasteiger partial charge in [0.25, 0.3) is 0 Å². The van der Waals surface area contributed by atoms with Gasteiger partial charge in [-0.25, -0.2) is 4.79 Å². The highest BCUT2D eigenvalue weighted by Crippen LogP contribution is 2.41. The van der Waals surface area contributed by atoms with E-state index in [4.69, 9.17) is 14.2 Å². The summed E-state index contributed by atoms with van der Waals surface area (Å²) in [4.78, 5) is 11.5. The third kappa shape index (κ3) is 2.22. The molecule has 0 saturated heterocycles. The number of aliphatic hydroxyl groups excluding tert-OH is 1. The van der Waals surface area contributed by atoms with Crippen LogP contribution in [0, 0.1) is 0 Å². The molecule has 0 fully saturated rings. The molecule has 1 aliphatic heterocycles. The fraction of sp³-hybridized carbons (Fsp3) is 0.308. The number of fused-ring (bicyclic) bond motifs is 1. The lowest BCUT2D eigenvalue weighted by atomic mass is 10.0. The number of carbonyl (C=O) groups is 1. The third-order valence-corrected chi connectivity index (χ3v) is 2.79. The molecule has 0 saturated carbocycles. The quantitative estimate of drug-likeness (QED) is 0.830. The van der Waals surface area contributed by atoms with Crippen LogP contribution in [0.4, 0.5) is 0 Å². The first kappa shape index (κ1) is 13.2. The average Bonchev–Trinajstić information content (AvgIpc) is 2.44. The lowest BCUT2D eigenvalue weighted by Crippen LogP contribution is -2.18. The Morgan fingerprint density at radius 1 is 1.21 bits per heavy atom. The second kappa shape index (κ2) is 5.19. The third-order valence-electron chi connectivity index (χ3n) is 2.79. The van der Waals surface area contributed by atoms with Crippen LogP contribution in [0.3, 0.4) is 0 Å². The van der Waals surface area contributed by atoms with Crippen LogP contribution in [0.2, 0.25) is 0 Å².